The average Bonchev–Trinajstić information content (AvgIpc) is 2.71. The fourth-order valence-electron chi connectivity index (χ4n) is 1.75. The molecule has 0 aromatic carbocycles. The van der Waals surface area contributed by atoms with Crippen LogP contribution in [-0.4, -0.2) is 34.6 Å². The zero-order valence-corrected chi connectivity index (χ0v) is 9.08. The lowest BCUT2D eigenvalue weighted by molar-refractivity contribution is -0.117. The second kappa shape index (κ2) is 4.57. The molecule has 1 aromatic heterocycles. The second-order valence-electron chi connectivity index (χ2n) is 3.90. The molecule has 1 unspecified atom stereocenters. The van der Waals surface area contributed by atoms with Gasteiger partial charge in [-0.2, -0.15) is 0 Å². The van der Waals surface area contributed by atoms with Crippen LogP contribution in [0.15, 0.2) is 18.3 Å². The van der Waals surface area contributed by atoms with E-state index in [4.69, 9.17) is 16.5 Å². The standard InChI is InChI=1S/C11H11BN2O3/c1-2-8-5-11(15)14(7-8)10-4-3-9(6-13-10)12(16)17/h1,3-4,6,8,16-17H,5,7H2. The number of anilines is 1. The van der Waals surface area contributed by atoms with Gasteiger partial charge in [0.25, 0.3) is 0 Å². The number of carbonyl (C=O) groups excluding carboxylic acids is 1. The van der Waals surface area contributed by atoms with Gasteiger partial charge in [-0.05, 0) is 6.07 Å². The molecule has 2 heterocycles. The highest BCUT2D eigenvalue weighted by molar-refractivity contribution is 6.58. The van der Waals surface area contributed by atoms with E-state index in [1.54, 1.807) is 6.07 Å². The van der Waals surface area contributed by atoms with Crippen molar-refractivity contribution < 1.29 is 14.8 Å². The number of carbonyl (C=O) groups is 1. The molecule has 1 atom stereocenters. The molecule has 0 saturated carbocycles. The summed E-state index contributed by atoms with van der Waals surface area (Å²) in [5, 5.41) is 17.8. The summed E-state index contributed by atoms with van der Waals surface area (Å²) in [7, 11) is -1.55. The van der Waals surface area contributed by atoms with Crippen LogP contribution in [-0.2, 0) is 4.79 Å². The van der Waals surface area contributed by atoms with Gasteiger partial charge in [0.1, 0.15) is 5.82 Å². The molecular weight excluding hydrogens is 219 g/mol. The fourth-order valence-corrected chi connectivity index (χ4v) is 1.75. The largest absolute Gasteiger partial charge is 0.490 e. The third-order valence-electron chi connectivity index (χ3n) is 2.71. The minimum Gasteiger partial charge on any atom is -0.423 e. The van der Waals surface area contributed by atoms with Crippen LogP contribution in [0.1, 0.15) is 6.42 Å². The summed E-state index contributed by atoms with van der Waals surface area (Å²) in [4.78, 5) is 17.2. The monoisotopic (exact) mass is 230 g/mol. The van der Waals surface area contributed by atoms with Crippen LogP contribution in [0.5, 0.6) is 0 Å². The van der Waals surface area contributed by atoms with Gasteiger partial charge in [-0.15, -0.1) is 12.3 Å². The Morgan fingerprint density at radius 1 is 1.53 bits per heavy atom. The Hall–Kier alpha value is -1.84. The van der Waals surface area contributed by atoms with Crippen LogP contribution in [0, 0.1) is 18.3 Å². The molecule has 1 saturated heterocycles. The van der Waals surface area contributed by atoms with Crippen LogP contribution in [0.3, 0.4) is 0 Å². The number of amides is 1. The highest BCUT2D eigenvalue weighted by atomic mass is 16.4. The minimum absolute atomic E-state index is 0.0576. The number of nitrogens with zero attached hydrogens (tertiary/aromatic N) is 2. The third-order valence-corrected chi connectivity index (χ3v) is 2.71. The number of terminal acetylenes is 1. The number of rotatable bonds is 2. The lowest BCUT2D eigenvalue weighted by atomic mass is 9.82. The van der Waals surface area contributed by atoms with Crippen molar-refractivity contribution in [3.8, 4) is 12.3 Å². The van der Waals surface area contributed by atoms with Gasteiger partial charge in [0.05, 0.1) is 0 Å². The summed E-state index contributed by atoms with van der Waals surface area (Å²) in [6, 6.07) is 3.09. The molecule has 2 rings (SSSR count). The van der Waals surface area contributed by atoms with Crippen molar-refractivity contribution in [1.29, 1.82) is 0 Å². The maximum absolute atomic E-state index is 11.7. The van der Waals surface area contributed by atoms with Gasteiger partial charge < -0.3 is 10.0 Å². The van der Waals surface area contributed by atoms with E-state index in [9.17, 15) is 4.79 Å². The summed E-state index contributed by atoms with van der Waals surface area (Å²) in [5.74, 6) is 2.90. The molecule has 86 valence electrons. The van der Waals surface area contributed by atoms with Crippen LogP contribution in [0.25, 0.3) is 0 Å². The molecule has 1 amide bonds. The van der Waals surface area contributed by atoms with Crippen molar-refractivity contribution in [3.63, 3.8) is 0 Å². The first-order chi connectivity index (χ1) is 8.11. The Labute approximate surface area is 99.2 Å². The number of hydrogen-bond acceptors (Lipinski definition) is 4. The minimum atomic E-state index is -1.55. The van der Waals surface area contributed by atoms with Gasteiger partial charge in [0, 0.05) is 30.5 Å². The van der Waals surface area contributed by atoms with E-state index < -0.39 is 7.12 Å². The summed E-state index contributed by atoms with van der Waals surface area (Å²) >= 11 is 0. The van der Waals surface area contributed by atoms with E-state index in [1.165, 1.54) is 17.2 Å². The molecule has 5 nitrogen and oxygen atoms in total. The van der Waals surface area contributed by atoms with Gasteiger partial charge in [-0.1, -0.05) is 6.07 Å². The normalized spacial score (nSPS) is 19.2. The molecule has 17 heavy (non-hydrogen) atoms. The Kier molecular flexibility index (Phi) is 3.13. The van der Waals surface area contributed by atoms with Gasteiger partial charge in [0.15, 0.2) is 0 Å². The Morgan fingerprint density at radius 3 is 2.76 bits per heavy atom. The quantitative estimate of drug-likeness (QED) is 0.491. The average molecular weight is 230 g/mol. The van der Waals surface area contributed by atoms with Gasteiger partial charge in [-0.3, -0.25) is 9.69 Å². The van der Waals surface area contributed by atoms with Crippen molar-refractivity contribution in [3.05, 3.63) is 18.3 Å². The van der Waals surface area contributed by atoms with Crippen LogP contribution in [0.2, 0.25) is 0 Å². The lowest BCUT2D eigenvalue weighted by Crippen LogP contribution is -2.31. The van der Waals surface area contributed by atoms with E-state index in [0.29, 0.717) is 18.8 Å². The van der Waals surface area contributed by atoms with E-state index in [0.717, 1.165) is 0 Å². The van der Waals surface area contributed by atoms with Crippen LogP contribution in [0.4, 0.5) is 5.82 Å². The van der Waals surface area contributed by atoms with E-state index in [-0.39, 0.29) is 17.3 Å². The zero-order chi connectivity index (χ0) is 12.4. The van der Waals surface area contributed by atoms with Crippen LogP contribution >= 0.6 is 0 Å². The molecule has 1 aliphatic rings. The molecule has 1 aromatic rings. The molecule has 6 heteroatoms. The first kappa shape index (κ1) is 11.6. The highest BCUT2D eigenvalue weighted by Gasteiger charge is 2.30. The van der Waals surface area contributed by atoms with Crippen molar-refractivity contribution in [2.24, 2.45) is 5.92 Å². The molecule has 2 N–H and O–H groups in total. The molecule has 0 radical (unpaired) electrons. The Bertz CT molecular complexity index is 467. The van der Waals surface area contributed by atoms with E-state index >= 15 is 0 Å². The molecule has 1 fully saturated rings. The summed E-state index contributed by atoms with van der Waals surface area (Å²) < 4.78 is 0. The Morgan fingerprint density at radius 2 is 2.29 bits per heavy atom. The van der Waals surface area contributed by atoms with Gasteiger partial charge >= 0.3 is 7.12 Å². The predicted molar refractivity (Wildman–Crippen MR) is 63.4 cm³/mol. The molecule has 0 aliphatic carbocycles. The molecule has 0 spiro atoms. The first-order valence-electron chi connectivity index (χ1n) is 5.20. The Balaban J connectivity index is 2.18. The molecule has 1 aliphatic heterocycles. The van der Waals surface area contributed by atoms with E-state index in [1.807, 2.05) is 0 Å². The first-order valence-corrected chi connectivity index (χ1v) is 5.20. The smallest absolute Gasteiger partial charge is 0.423 e. The zero-order valence-electron chi connectivity index (χ0n) is 9.08. The lowest BCUT2D eigenvalue weighted by Gasteiger charge is -2.14. The fraction of sp³-hybridized carbons (Fsp3) is 0.273. The summed E-state index contributed by atoms with van der Waals surface area (Å²) in [6.07, 6.45) is 6.95. The van der Waals surface area contributed by atoms with Gasteiger partial charge in [0.2, 0.25) is 5.91 Å². The molecule has 0 bridgehead atoms. The summed E-state index contributed by atoms with van der Waals surface area (Å²) in [5.41, 5.74) is 0.286. The maximum atomic E-state index is 11.7. The summed E-state index contributed by atoms with van der Waals surface area (Å²) in [6.45, 7) is 0.462. The van der Waals surface area contributed by atoms with Gasteiger partial charge in [-0.25, -0.2) is 4.98 Å². The molecular formula is C11H11BN2O3. The number of hydrogen-bond donors (Lipinski definition) is 2. The van der Waals surface area contributed by atoms with Crippen molar-refractivity contribution in [2.75, 3.05) is 11.4 Å². The maximum Gasteiger partial charge on any atom is 0.490 e. The third kappa shape index (κ3) is 2.30. The predicted octanol–water partition coefficient (Wildman–Crippen LogP) is -1.25. The van der Waals surface area contributed by atoms with Crippen molar-refractivity contribution in [2.45, 2.75) is 6.42 Å². The number of aromatic nitrogens is 1. The van der Waals surface area contributed by atoms with Crippen molar-refractivity contribution >= 4 is 24.3 Å². The SMILES string of the molecule is C#CC1CC(=O)N(c2ccc(B(O)O)cn2)C1. The number of pyridine rings is 1. The highest BCUT2D eigenvalue weighted by Crippen LogP contribution is 2.21. The second-order valence-corrected chi connectivity index (χ2v) is 3.90. The van der Waals surface area contributed by atoms with E-state index in [2.05, 4.69) is 10.9 Å². The van der Waals surface area contributed by atoms with Crippen LogP contribution < -0.4 is 10.4 Å². The topological polar surface area (TPSA) is 73.7 Å². The van der Waals surface area contributed by atoms with Crippen molar-refractivity contribution in [1.82, 2.24) is 4.98 Å².